The first-order valence-electron chi connectivity index (χ1n) is 5.60. The highest BCUT2D eigenvalue weighted by Crippen LogP contribution is 2.39. The normalized spacial score (nSPS) is 15.3. The summed E-state index contributed by atoms with van der Waals surface area (Å²) in [4.78, 5) is 8.86. The monoisotopic (exact) mass is 206 g/mol. The second kappa shape index (κ2) is 4.04. The molecule has 0 spiro atoms. The van der Waals surface area contributed by atoms with Crippen LogP contribution in [0.15, 0.2) is 0 Å². The van der Waals surface area contributed by atoms with Crippen molar-refractivity contribution in [3.05, 3.63) is 11.4 Å². The summed E-state index contributed by atoms with van der Waals surface area (Å²) in [5, 5.41) is 3.30. The van der Waals surface area contributed by atoms with E-state index in [4.69, 9.17) is 5.73 Å². The fourth-order valence-corrected chi connectivity index (χ4v) is 1.49. The van der Waals surface area contributed by atoms with Crippen molar-refractivity contribution in [2.24, 2.45) is 0 Å². The summed E-state index contributed by atoms with van der Waals surface area (Å²) in [5.41, 5.74) is 6.83. The fraction of sp³-hybridized carbons (Fsp3) is 0.636. The number of rotatable bonds is 4. The Hall–Kier alpha value is -1.32. The van der Waals surface area contributed by atoms with Crippen molar-refractivity contribution in [3.8, 4) is 0 Å². The van der Waals surface area contributed by atoms with E-state index in [1.54, 1.807) is 0 Å². The molecule has 82 valence electrons. The Morgan fingerprint density at radius 3 is 2.73 bits per heavy atom. The maximum absolute atomic E-state index is 5.87. The van der Waals surface area contributed by atoms with Gasteiger partial charge in [0.25, 0.3) is 0 Å². The molecule has 2 rings (SSSR count). The Balaban J connectivity index is 2.25. The molecule has 1 saturated carbocycles. The van der Waals surface area contributed by atoms with Crippen molar-refractivity contribution in [1.82, 2.24) is 9.97 Å². The van der Waals surface area contributed by atoms with Gasteiger partial charge in [0.15, 0.2) is 0 Å². The van der Waals surface area contributed by atoms with E-state index in [-0.39, 0.29) is 0 Å². The van der Waals surface area contributed by atoms with Gasteiger partial charge >= 0.3 is 0 Å². The molecule has 0 unspecified atom stereocenters. The summed E-state index contributed by atoms with van der Waals surface area (Å²) < 4.78 is 0. The van der Waals surface area contributed by atoms with E-state index in [0.717, 1.165) is 30.2 Å². The molecule has 15 heavy (non-hydrogen) atoms. The predicted octanol–water partition coefficient (Wildman–Crippen LogP) is 2.07. The van der Waals surface area contributed by atoms with Gasteiger partial charge in [-0.05, 0) is 26.2 Å². The quantitative estimate of drug-likeness (QED) is 0.791. The van der Waals surface area contributed by atoms with E-state index in [0.29, 0.717) is 11.7 Å². The molecule has 1 fully saturated rings. The molecule has 0 bridgehead atoms. The number of nitrogens with two attached hydrogens (primary N) is 1. The Morgan fingerprint density at radius 1 is 1.40 bits per heavy atom. The second-order valence-electron chi connectivity index (χ2n) is 4.14. The molecule has 1 aromatic rings. The zero-order valence-electron chi connectivity index (χ0n) is 9.38. The Labute approximate surface area is 90.3 Å². The average molecular weight is 206 g/mol. The van der Waals surface area contributed by atoms with Gasteiger partial charge in [-0.25, -0.2) is 9.97 Å². The maximum Gasteiger partial charge on any atom is 0.136 e. The van der Waals surface area contributed by atoms with Crippen LogP contribution in [-0.4, -0.2) is 16.5 Å². The number of aromatic nitrogens is 2. The molecule has 0 aliphatic heterocycles. The average Bonchev–Trinajstić information content (AvgIpc) is 3.03. The number of hydrogen-bond donors (Lipinski definition) is 2. The summed E-state index contributed by atoms with van der Waals surface area (Å²) >= 11 is 0. The molecule has 4 nitrogen and oxygen atoms in total. The molecular weight excluding hydrogens is 188 g/mol. The smallest absolute Gasteiger partial charge is 0.136 e. The van der Waals surface area contributed by atoms with Crippen LogP contribution >= 0.6 is 0 Å². The van der Waals surface area contributed by atoms with Crippen LogP contribution in [0, 0.1) is 6.92 Å². The molecule has 1 heterocycles. The lowest BCUT2D eigenvalue weighted by molar-refractivity contribution is 0.904. The Kier molecular flexibility index (Phi) is 2.75. The first kappa shape index (κ1) is 10.2. The number of nitrogen functional groups attached to an aromatic ring is 1. The minimum absolute atomic E-state index is 0.551. The zero-order chi connectivity index (χ0) is 10.8. The minimum atomic E-state index is 0.551. The van der Waals surface area contributed by atoms with Crippen LogP contribution in [0.3, 0.4) is 0 Å². The van der Waals surface area contributed by atoms with Gasteiger partial charge in [-0.2, -0.15) is 0 Å². The van der Waals surface area contributed by atoms with Crippen LogP contribution in [0.1, 0.15) is 43.5 Å². The lowest BCUT2D eigenvalue weighted by Crippen LogP contribution is -2.09. The molecule has 1 aliphatic rings. The summed E-state index contributed by atoms with van der Waals surface area (Å²) in [6.45, 7) is 5.03. The lowest BCUT2D eigenvalue weighted by Gasteiger charge is -2.10. The SMILES string of the molecule is CCCNc1nc(C2CC2)nc(N)c1C. The molecule has 0 amide bonds. The van der Waals surface area contributed by atoms with Crippen molar-refractivity contribution in [1.29, 1.82) is 0 Å². The number of nitrogens with zero attached hydrogens (tertiary/aromatic N) is 2. The fourth-order valence-electron chi connectivity index (χ4n) is 1.49. The van der Waals surface area contributed by atoms with Gasteiger partial charge in [-0.3, -0.25) is 0 Å². The number of anilines is 2. The third kappa shape index (κ3) is 2.19. The van der Waals surface area contributed by atoms with Gasteiger partial charge in [-0.15, -0.1) is 0 Å². The van der Waals surface area contributed by atoms with Gasteiger partial charge in [-0.1, -0.05) is 6.92 Å². The van der Waals surface area contributed by atoms with Crippen LogP contribution < -0.4 is 11.1 Å². The Bertz CT molecular complexity index is 358. The molecule has 4 heteroatoms. The van der Waals surface area contributed by atoms with Crippen LogP contribution in [-0.2, 0) is 0 Å². The summed E-state index contributed by atoms with van der Waals surface area (Å²) in [6, 6.07) is 0. The molecule has 1 aromatic heterocycles. The first-order chi connectivity index (χ1) is 7.22. The van der Waals surface area contributed by atoms with Crippen LogP contribution in [0.2, 0.25) is 0 Å². The van der Waals surface area contributed by atoms with E-state index < -0.39 is 0 Å². The van der Waals surface area contributed by atoms with Crippen molar-refractivity contribution in [2.75, 3.05) is 17.6 Å². The third-order valence-corrected chi connectivity index (χ3v) is 2.69. The van der Waals surface area contributed by atoms with Gasteiger partial charge in [0.1, 0.15) is 17.5 Å². The molecule has 0 radical (unpaired) electrons. The summed E-state index contributed by atoms with van der Waals surface area (Å²) in [6.07, 6.45) is 3.49. The van der Waals surface area contributed by atoms with Gasteiger partial charge in [0, 0.05) is 18.0 Å². The van der Waals surface area contributed by atoms with Crippen LogP contribution in [0.5, 0.6) is 0 Å². The zero-order valence-corrected chi connectivity index (χ0v) is 9.38. The molecule has 1 aliphatic carbocycles. The van der Waals surface area contributed by atoms with Gasteiger partial charge in [0.2, 0.25) is 0 Å². The topological polar surface area (TPSA) is 63.8 Å². The second-order valence-corrected chi connectivity index (χ2v) is 4.14. The van der Waals surface area contributed by atoms with Crippen LogP contribution in [0.4, 0.5) is 11.6 Å². The van der Waals surface area contributed by atoms with E-state index in [1.165, 1.54) is 12.8 Å². The standard InChI is InChI=1S/C11H18N4/c1-3-6-13-10-7(2)9(12)14-11(15-10)8-4-5-8/h8H,3-6H2,1-2H3,(H3,12,13,14,15). The lowest BCUT2D eigenvalue weighted by atomic mass is 10.3. The van der Waals surface area contributed by atoms with E-state index in [2.05, 4.69) is 22.2 Å². The summed E-state index contributed by atoms with van der Waals surface area (Å²) in [5.74, 6) is 2.99. The minimum Gasteiger partial charge on any atom is -0.383 e. The highest BCUT2D eigenvalue weighted by Gasteiger charge is 2.27. The van der Waals surface area contributed by atoms with E-state index in [9.17, 15) is 0 Å². The van der Waals surface area contributed by atoms with Crippen molar-refractivity contribution < 1.29 is 0 Å². The Morgan fingerprint density at radius 2 is 2.13 bits per heavy atom. The largest absolute Gasteiger partial charge is 0.383 e. The van der Waals surface area contributed by atoms with Crippen molar-refractivity contribution in [3.63, 3.8) is 0 Å². The van der Waals surface area contributed by atoms with E-state index in [1.807, 2.05) is 6.92 Å². The van der Waals surface area contributed by atoms with Gasteiger partial charge in [0.05, 0.1) is 0 Å². The van der Waals surface area contributed by atoms with Crippen LogP contribution in [0.25, 0.3) is 0 Å². The van der Waals surface area contributed by atoms with Crippen molar-refractivity contribution in [2.45, 2.75) is 39.0 Å². The molecular formula is C11H18N4. The third-order valence-electron chi connectivity index (χ3n) is 2.69. The molecule has 0 atom stereocenters. The summed E-state index contributed by atoms with van der Waals surface area (Å²) in [7, 11) is 0. The van der Waals surface area contributed by atoms with Crippen molar-refractivity contribution >= 4 is 11.6 Å². The number of hydrogen-bond acceptors (Lipinski definition) is 4. The number of nitrogens with one attached hydrogen (secondary N) is 1. The maximum atomic E-state index is 5.87. The van der Waals surface area contributed by atoms with E-state index >= 15 is 0 Å². The first-order valence-corrected chi connectivity index (χ1v) is 5.60. The molecule has 0 aromatic carbocycles. The molecule has 3 N–H and O–H groups in total. The van der Waals surface area contributed by atoms with Gasteiger partial charge < -0.3 is 11.1 Å². The highest BCUT2D eigenvalue weighted by atomic mass is 15.1. The predicted molar refractivity (Wildman–Crippen MR) is 61.9 cm³/mol. The highest BCUT2D eigenvalue weighted by molar-refractivity contribution is 5.55. The molecule has 0 saturated heterocycles.